The Morgan fingerprint density at radius 1 is 0.769 bits per heavy atom. The summed E-state index contributed by atoms with van der Waals surface area (Å²) in [6.45, 7) is 7.74. The molecule has 0 saturated carbocycles. The number of carboxylic acid groups (broad SMARTS) is 1. The first-order chi connectivity index (χ1) is 18.8. The van der Waals surface area contributed by atoms with Crippen molar-refractivity contribution in [2.45, 2.75) is 153 Å². The van der Waals surface area contributed by atoms with Crippen molar-refractivity contribution in [1.82, 2.24) is 0 Å². The molecule has 9 heteroatoms. The molecule has 0 aromatic heterocycles. The molecule has 8 nitrogen and oxygen atoms in total. The third kappa shape index (κ3) is 12.5. The minimum atomic E-state index is -3.31. The van der Waals surface area contributed by atoms with Crippen LogP contribution in [0.3, 0.4) is 0 Å². The van der Waals surface area contributed by atoms with E-state index < -0.39 is 39.2 Å². The van der Waals surface area contributed by atoms with E-state index in [9.17, 15) is 20.1 Å². The zero-order valence-corrected chi connectivity index (χ0v) is 26.2. The van der Waals surface area contributed by atoms with Crippen molar-refractivity contribution in [3.63, 3.8) is 0 Å². The van der Waals surface area contributed by atoms with E-state index in [0.717, 1.165) is 30.5 Å². The number of nitrogens with zero attached hydrogens (tertiary/aromatic N) is 1. The van der Waals surface area contributed by atoms with Crippen LogP contribution in [0, 0.1) is 0 Å². The summed E-state index contributed by atoms with van der Waals surface area (Å²) in [5.41, 5.74) is 0. The van der Waals surface area contributed by atoms with Gasteiger partial charge < -0.3 is 37.9 Å². The number of fused-ring (bicyclic) bond motifs is 2. The molecule has 2 bridgehead atoms. The maximum absolute atomic E-state index is 11.6. The molecule has 2 aliphatic heterocycles. The van der Waals surface area contributed by atoms with Gasteiger partial charge in [0.15, 0.2) is 0 Å². The smallest absolute Gasteiger partial charge is 0.502 e. The molecule has 2 fully saturated rings. The van der Waals surface area contributed by atoms with Crippen molar-refractivity contribution >= 4 is 14.8 Å². The highest BCUT2D eigenvalue weighted by Gasteiger charge is 2.58. The zero-order valence-electron chi connectivity index (χ0n) is 25.2. The van der Waals surface area contributed by atoms with Gasteiger partial charge in [0.1, 0.15) is 24.4 Å². The molecule has 230 valence electrons. The third-order valence-corrected chi connectivity index (χ3v) is 11.5. The molecule has 0 spiro atoms. The second-order valence-corrected chi connectivity index (χ2v) is 15.0. The molecule has 0 aromatic rings. The summed E-state index contributed by atoms with van der Waals surface area (Å²) >= 11 is 0. The zero-order chi connectivity index (χ0) is 28.6. The lowest BCUT2D eigenvalue weighted by atomic mass is 10.0. The molecular formula is C30H59NO7Si. The van der Waals surface area contributed by atoms with Crippen molar-refractivity contribution < 1.29 is 37.9 Å². The van der Waals surface area contributed by atoms with Gasteiger partial charge in [-0.3, -0.25) is 0 Å². The van der Waals surface area contributed by atoms with Crippen LogP contribution in [-0.2, 0) is 18.1 Å². The molecule has 2 saturated heterocycles. The number of carboxylic acids is 1. The van der Waals surface area contributed by atoms with Crippen molar-refractivity contribution in [1.29, 1.82) is 0 Å². The first-order valence-corrected chi connectivity index (χ1v) is 18.1. The summed E-state index contributed by atoms with van der Waals surface area (Å²) in [6, 6.07) is 0.482. The summed E-state index contributed by atoms with van der Waals surface area (Å²) in [6.07, 6.45) is 16.7. The molecular weight excluding hydrogens is 514 g/mol. The van der Waals surface area contributed by atoms with Gasteiger partial charge in [0.05, 0.1) is 39.3 Å². The Labute approximate surface area is 239 Å². The number of aliphatic hydroxyl groups excluding tert-OH is 2. The topological polar surface area (TPSA) is 108 Å². The van der Waals surface area contributed by atoms with Gasteiger partial charge in [-0.25, -0.2) is 0 Å². The largest absolute Gasteiger partial charge is 0.547 e. The number of quaternary nitrogens is 1. The summed E-state index contributed by atoms with van der Waals surface area (Å²) in [5.74, 6) is -1.49. The monoisotopic (exact) mass is 573 g/mol. The predicted octanol–water partition coefficient (Wildman–Crippen LogP) is 4.33. The molecule has 0 radical (unpaired) electrons. The fraction of sp³-hybridized carbons (Fsp3) is 0.967. The van der Waals surface area contributed by atoms with Crippen LogP contribution in [0.25, 0.3) is 0 Å². The standard InChI is InChI=1S/C30H59NO7Si/c1-4-6-8-10-12-14-16-18-21-31(3,22-19-17-15-13-11-9-7-5-2)23-20-24-39-36-25-26(32)28(37-39)27(33)29(38-39)30(34)35/h26-29,32-33H,4-25H2,1-3H3/t26-,27?,28-,29-,39?/m1/s1. The molecule has 2 unspecified atom stereocenters. The Hall–Kier alpha value is -0.553. The highest BCUT2D eigenvalue weighted by atomic mass is 28.4. The van der Waals surface area contributed by atoms with E-state index in [1.807, 2.05) is 0 Å². The minimum Gasteiger partial charge on any atom is -0.547 e. The Balaban J connectivity index is 1.85. The van der Waals surface area contributed by atoms with Crippen LogP contribution in [0.2, 0.25) is 6.04 Å². The van der Waals surface area contributed by atoms with Gasteiger partial charge in [-0.2, -0.15) is 0 Å². The number of aliphatic carboxylic acids is 1. The number of hydrogen-bond donors (Lipinski definition) is 2. The van der Waals surface area contributed by atoms with Crippen molar-refractivity contribution in [3.05, 3.63) is 0 Å². The van der Waals surface area contributed by atoms with E-state index in [1.54, 1.807) is 0 Å². The van der Waals surface area contributed by atoms with Gasteiger partial charge in [-0.1, -0.05) is 90.9 Å². The first-order valence-electron chi connectivity index (χ1n) is 16.2. The maximum Gasteiger partial charge on any atom is 0.502 e. The average Bonchev–Trinajstić information content (AvgIpc) is 2.91. The van der Waals surface area contributed by atoms with Gasteiger partial charge in [0.25, 0.3) is 0 Å². The van der Waals surface area contributed by atoms with E-state index in [1.165, 1.54) is 103 Å². The average molecular weight is 574 g/mol. The van der Waals surface area contributed by atoms with Crippen LogP contribution in [0.5, 0.6) is 0 Å². The third-order valence-electron chi connectivity index (χ3n) is 8.64. The van der Waals surface area contributed by atoms with Crippen molar-refractivity contribution in [3.8, 4) is 0 Å². The number of unbranched alkanes of at least 4 members (excludes halogenated alkanes) is 14. The highest BCUT2D eigenvalue weighted by molar-refractivity contribution is 6.61. The number of hydrogen-bond acceptors (Lipinski definition) is 7. The molecule has 5 atom stereocenters. The molecule has 0 aliphatic carbocycles. The van der Waals surface area contributed by atoms with Crippen LogP contribution < -0.4 is 5.11 Å². The van der Waals surface area contributed by atoms with E-state index in [2.05, 4.69) is 20.9 Å². The molecule has 2 rings (SSSR count). The Morgan fingerprint density at radius 2 is 1.23 bits per heavy atom. The van der Waals surface area contributed by atoms with Crippen LogP contribution in [0.1, 0.15) is 123 Å². The Morgan fingerprint density at radius 3 is 1.72 bits per heavy atom. The van der Waals surface area contributed by atoms with E-state index >= 15 is 0 Å². The fourth-order valence-corrected chi connectivity index (χ4v) is 8.99. The van der Waals surface area contributed by atoms with Gasteiger partial charge in [-0.05, 0) is 25.7 Å². The lowest BCUT2D eigenvalue weighted by Gasteiger charge is -2.49. The molecule has 0 aromatic carbocycles. The number of rotatable bonds is 23. The second kappa shape index (κ2) is 18.8. The summed E-state index contributed by atoms with van der Waals surface area (Å²) in [4.78, 5) is 11.6. The molecule has 2 N–H and O–H groups in total. The van der Waals surface area contributed by atoms with Crippen LogP contribution in [0.15, 0.2) is 0 Å². The van der Waals surface area contributed by atoms with E-state index in [0.29, 0.717) is 6.04 Å². The lowest BCUT2D eigenvalue weighted by molar-refractivity contribution is -0.910. The van der Waals surface area contributed by atoms with Crippen LogP contribution in [-0.4, -0.2) is 87.2 Å². The normalized spacial score (nSPS) is 27.1. The molecule has 0 amide bonds. The quantitative estimate of drug-likeness (QED) is 0.106. The van der Waals surface area contributed by atoms with E-state index in [-0.39, 0.29) is 6.61 Å². The van der Waals surface area contributed by atoms with Crippen LogP contribution in [0.4, 0.5) is 0 Å². The fourth-order valence-electron chi connectivity index (χ4n) is 6.07. The number of aliphatic hydroxyl groups is 2. The summed E-state index contributed by atoms with van der Waals surface area (Å²) in [5, 5.41) is 32.1. The Bertz CT molecular complexity index is 649. The molecule has 2 heterocycles. The number of carbonyl (C=O) groups is 1. The molecule has 2 aliphatic rings. The predicted molar refractivity (Wildman–Crippen MR) is 154 cm³/mol. The maximum atomic E-state index is 11.6. The van der Waals surface area contributed by atoms with Crippen molar-refractivity contribution in [2.75, 3.05) is 33.3 Å². The first kappa shape index (κ1) is 34.6. The van der Waals surface area contributed by atoms with Crippen LogP contribution >= 0.6 is 0 Å². The SMILES string of the molecule is CCCCCCCCCC[N+](C)(CCCCCCCCCC)CCC[Si]12OC[C@@H](O)[C@@H](O1)C(O)[C@H](C(=O)[O-])O2. The van der Waals surface area contributed by atoms with Gasteiger partial charge in [0.2, 0.25) is 0 Å². The van der Waals surface area contributed by atoms with Gasteiger partial charge >= 0.3 is 8.80 Å². The number of carbonyl (C=O) groups excluding carboxylic acids is 1. The van der Waals surface area contributed by atoms with Gasteiger partial charge in [0, 0.05) is 12.5 Å². The minimum absolute atomic E-state index is 0.00362. The second-order valence-electron chi connectivity index (χ2n) is 12.3. The highest BCUT2D eigenvalue weighted by Crippen LogP contribution is 2.35. The molecule has 39 heavy (non-hydrogen) atoms. The summed E-state index contributed by atoms with van der Waals surface area (Å²) < 4.78 is 18.5. The van der Waals surface area contributed by atoms with Crippen molar-refractivity contribution in [2.24, 2.45) is 0 Å². The Kier molecular flexibility index (Phi) is 16.7. The van der Waals surface area contributed by atoms with Gasteiger partial charge in [-0.15, -0.1) is 0 Å². The van der Waals surface area contributed by atoms with E-state index in [4.69, 9.17) is 13.3 Å². The lowest BCUT2D eigenvalue weighted by Crippen LogP contribution is -2.71. The summed E-state index contributed by atoms with van der Waals surface area (Å²) in [7, 11) is -0.960.